The highest BCUT2D eigenvalue weighted by atomic mass is 35.5. The summed E-state index contributed by atoms with van der Waals surface area (Å²) < 4.78 is 26.6. The molecule has 1 heterocycles. The summed E-state index contributed by atoms with van der Waals surface area (Å²) in [6, 6.07) is 6.05. The van der Waals surface area contributed by atoms with Crippen molar-refractivity contribution in [3.05, 3.63) is 41.4 Å². The highest BCUT2D eigenvalue weighted by molar-refractivity contribution is 7.89. The molecule has 0 aliphatic carbocycles. The fourth-order valence-corrected chi connectivity index (χ4v) is 4.26. The summed E-state index contributed by atoms with van der Waals surface area (Å²) in [5.74, 6) is -0.602. The van der Waals surface area contributed by atoms with Crippen LogP contribution in [0.5, 0.6) is 0 Å². The first-order chi connectivity index (χ1) is 12.3. The molecule has 0 radical (unpaired) electrons. The molecule has 1 aromatic rings. The van der Waals surface area contributed by atoms with Gasteiger partial charge in [-0.15, -0.1) is 0 Å². The average Bonchev–Trinajstić information content (AvgIpc) is 2.65. The SMILES string of the molecule is CNC(=O)C=CCNC(=O)C1CCN(S(=O)(=O)c2ccc(Cl)cc2)CC1. The number of benzene rings is 1. The second-order valence-electron chi connectivity index (χ2n) is 5.89. The van der Waals surface area contributed by atoms with E-state index in [4.69, 9.17) is 11.6 Å². The maximum Gasteiger partial charge on any atom is 0.243 e. The lowest BCUT2D eigenvalue weighted by Crippen LogP contribution is -2.43. The minimum Gasteiger partial charge on any atom is -0.356 e. The van der Waals surface area contributed by atoms with Crippen LogP contribution in [0.1, 0.15) is 12.8 Å². The normalized spacial score (nSPS) is 16.5. The zero-order chi connectivity index (χ0) is 19.2. The molecule has 7 nitrogen and oxygen atoms in total. The Bertz CT molecular complexity index is 770. The Morgan fingerprint density at radius 2 is 1.85 bits per heavy atom. The minimum absolute atomic E-state index is 0.130. The van der Waals surface area contributed by atoms with Gasteiger partial charge in [0.25, 0.3) is 0 Å². The molecule has 2 rings (SSSR count). The van der Waals surface area contributed by atoms with Gasteiger partial charge in [0.05, 0.1) is 4.90 Å². The maximum absolute atomic E-state index is 12.6. The summed E-state index contributed by atoms with van der Waals surface area (Å²) in [6.07, 6.45) is 3.83. The Labute approximate surface area is 158 Å². The predicted molar refractivity (Wildman–Crippen MR) is 99.2 cm³/mol. The molecule has 1 aliphatic heterocycles. The summed E-state index contributed by atoms with van der Waals surface area (Å²) in [5.41, 5.74) is 0. The van der Waals surface area contributed by atoms with E-state index in [0.717, 1.165) is 0 Å². The van der Waals surface area contributed by atoms with Crippen LogP contribution in [-0.2, 0) is 19.6 Å². The minimum atomic E-state index is -3.57. The largest absolute Gasteiger partial charge is 0.356 e. The molecule has 0 atom stereocenters. The first-order valence-electron chi connectivity index (χ1n) is 8.26. The third-order valence-electron chi connectivity index (χ3n) is 4.19. The summed E-state index contributed by atoms with van der Waals surface area (Å²) >= 11 is 5.80. The van der Waals surface area contributed by atoms with Crippen molar-refractivity contribution in [2.45, 2.75) is 17.7 Å². The molecule has 0 bridgehead atoms. The van der Waals surface area contributed by atoms with Gasteiger partial charge in [0.2, 0.25) is 21.8 Å². The predicted octanol–water partition coefficient (Wildman–Crippen LogP) is 1.16. The van der Waals surface area contributed by atoms with Gasteiger partial charge in [0, 0.05) is 43.7 Å². The Kier molecular flexibility index (Phi) is 7.19. The fourth-order valence-electron chi connectivity index (χ4n) is 2.67. The van der Waals surface area contributed by atoms with Crippen LogP contribution >= 0.6 is 11.6 Å². The highest BCUT2D eigenvalue weighted by Gasteiger charge is 2.31. The smallest absolute Gasteiger partial charge is 0.243 e. The third kappa shape index (κ3) is 5.30. The van der Waals surface area contributed by atoms with E-state index in [0.29, 0.717) is 17.9 Å². The second kappa shape index (κ2) is 9.16. The maximum atomic E-state index is 12.6. The lowest BCUT2D eigenvalue weighted by atomic mass is 9.97. The lowest BCUT2D eigenvalue weighted by Gasteiger charge is -2.30. The molecule has 26 heavy (non-hydrogen) atoms. The van der Waals surface area contributed by atoms with Gasteiger partial charge in [-0.3, -0.25) is 9.59 Å². The summed E-state index contributed by atoms with van der Waals surface area (Å²) in [6.45, 7) is 0.837. The van der Waals surface area contributed by atoms with E-state index in [1.807, 2.05) is 0 Å². The van der Waals surface area contributed by atoms with Gasteiger partial charge in [-0.05, 0) is 37.1 Å². The summed E-state index contributed by atoms with van der Waals surface area (Å²) in [5, 5.41) is 5.66. The van der Waals surface area contributed by atoms with E-state index in [-0.39, 0.29) is 42.3 Å². The number of nitrogens with zero attached hydrogens (tertiary/aromatic N) is 1. The third-order valence-corrected chi connectivity index (χ3v) is 6.35. The molecular weight excluding hydrogens is 378 g/mol. The Morgan fingerprint density at radius 1 is 1.23 bits per heavy atom. The summed E-state index contributed by atoms with van der Waals surface area (Å²) in [4.78, 5) is 23.4. The van der Waals surface area contributed by atoms with Crippen molar-refractivity contribution >= 4 is 33.4 Å². The number of sulfonamides is 1. The number of carbonyl (C=O) groups is 2. The number of likely N-dealkylation sites (N-methyl/N-ethyl adjacent to an activating group) is 1. The van der Waals surface area contributed by atoms with Gasteiger partial charge >= 0.3 is 0 Å². The second-order valence-corrected chi connectivity index (χ2v) is 8.27. The van der Waals surface area contributed by atoms with Gasteiger partial charge < -0.3 is 10.6 Å². The molecule has 1 saturated heterocycles. The Morgan fingerprint density at radius 3 is 2.42 bits per heavy atom. The number of hydrogen-bond donors (Lipinski definition) is 2. The first kappa shape index (κ1) is 20.4. The number of nitrogens with one attached hydrogen (secondary N) is 2. The Hall–Kier alpha value is -1.90. The van der Waals surface area contributed by atoms with Crippen molar-refractivity contribution in [2.24, 2.45) is 5.92 Å². The van der Waals surface area contributed by atoms with Crippen molar-refractivity contribution in [3.63, 3.8) is 0 Å². The topological polar surface area (TPSA) is 95.6 Å². The molecule has 0 aromatic heterocycles. The molecular formula is C17H22ClN3O4S. The molecule has 0 unspecified atom stereocenters. The van der Waals surface area contributed by atoms with E-state index < -0.39 is 10.0 Å². The van der Waals surface area contributed by atoms with Crippen LogP contribution in [-0.4, -0.2) is 51.2 Å². The van der Waals surface area contributed by atoms with Crippen molar-refractivity contribution in [1.82, 2.24) is 14.9 Å². The average molecular weight is 400 g/mol. The zero-order valence-electron chi connectivity index (χ0n) is 14.4. The quantitative estimate of drug-likeness (QED) is 0.701. The monoisotopic (exact) mass is 399 g/mol. The lowest BCUT2D eigenvalue weighted by molar-refractivity contribution is -0.126. The summed E-state index contributed by atoms with van der Waals surface area (Å²) in [7, 11) is -2.05. The van der Waals surface area contributed by atoms with Gasteiger partial charge in [-0.25, -0.2) is 8.42 Å². The van der Waals surface area contributed by atoms with E-state index in [9.17, 15) is 18.0 Å². The standard InChI is InChI=1S/C17H22ClN3O4S/c1-19-16(22)3-2-10-20-17(23)13-8-11-21(12-9-13)26(24,25)15-6-4-14(18)5-7-15/h2-7,13H,8-12H2,1H3,(H,19,22)(H,20,23). The molecule has 142 valence electrons. The van der Waals surface area contributed by atoms with Crippen LogP contribution in [0.25, 0.3) is 0 Å². The fraction of sp³-hybridized carbons (Fsp3) is 0.412. The molecule has 0 saturated carbocycles. The Balaban J connectivity index is 1.86. The van der Waals surface area contributed by atoms with Crippen LogP contribution in [0.2, 0.25) is 5.02 Å². The molecule has 2 amide bonds. The van der Waals surface area contributed by atoms with Gasteiger partial charge in [-0.2, -0.15) is 4.31 Å². The number of halogens is 1. The van der Waals surface area contributed by atoms with Gasteiger partial charge in [0.1, 0.15) is 0 Å². The molecule has 0 spiro atoms. The van der Waals surface area contributed by atoms with E-state index in [1.165, 1.54) is 29.6 Å². The number of piperidine rings is 1. The van der Waals surface area contributed by atoms with E-state index in [1.54, 1.807) is 18.2 Å². The molecule has 1 aromatic carbocycles. The van der Waals surface area contributed by atoms with Crippen molar-refractivity contribution in [1.29, 1.82) is 0 Å². The van der Waals surface area contributed by atoms with Crippen LogP contribution in [0.15, 0.2) is 41.3 Å². The van der Waals surface area contributed by atoms with Crippen LogP contribution < -0.4 is 10.6 Å². The highest BCUT2D eigenvalue weighted by Crippen LogP contribution is 2.24. The van der Waals surface area contributed by atoms with Gasteiger partial charge in [-0.1, -0.05) is 17.7 Å². The zero-order valence-corrected chi connectivity index (χ0v) is 16.0. The van der Waals surface area contributed by atoms with E-state index >= 15 is 0 Å². The van der Waals surface area contributed by atoms with Crippen LogP contribution in [0, 0.1) is 5.92 Å². The molecule has 9 heteroatoms. The number of hydrogen-bond acceptors (Lipinski definition) is 4. The molecule has 2 N–H and O–H groups in total. The number of rotatable bonds is 6. The first-order valence-corrected chi connectivity index (χ1v) is 10.1. The van der Waals surface area contributed by atoms with Gasteiger partial charge in [0.15, 0.2) is 0 Å². The molecule has 1 aliphatic rings. The van der Waals surface area contributed by atoms with Crippen LogP contribution in [0.4, 0.5) is 0 Å². The van der Waals surface area contributed by atoms with Crippen molar-refractivity contribution in [3.8, 4) is 0 Å². The van der Waals surface area contributed by atoms with E-state index in [2.05, 4.69) is 10.6 Å². The van der Waals surface area contributed by atoms with Crippen molar-refractivity contribution in [2.75, 3.05) is 26.7 Å². The molecule has 1 fully saturated rings. The van der Waals surface area contributed by atoms with Crippen LogP contribution in [0.3, 0.4) is 0 Å². The van der Waals surface area contributed by atoms with Crippen molar-refractivity contribution < 1.29 is 18.0 Å². The number of amides is 2. The number of carbonyl (C=O) groups excluding carboxylic acids is 2.